The molecule has 0 unspecified atom stereocenters. The molecule has 0 atom stereocenters. The van der Waals surface area contributed by atoms with Gasteiger partial charge in [0.2, 0.25) is 5.91 Å². The van der Waals surface area contributed by atoms with Crippen LogP contribution in [0, 0.1) is 5.41 Å². The summed E-state index contributed by atoms with van der Waals surface area (Å²) in [6.45, 7) is 6.45. The number of hydrogen-bond acceptors (Lipinski definition) is 2. The lowest BCUT2D eigenvalue weighted by atomic mass is 9.94. The summed E-state index contributed by atoms with van der Waals surface area (Å²) in [7, 11) is 0. The van der Waals surface area contributed by atoms with Gasteiger partial charge in [0, 0.05) is 23.3 Å². The molecule has 0 fully saturated rings. The van der Waals surface area contributed by atoms with Crippen molar-refractivity contribution in [3.8, 4) is 0 Å². The van der Waals surface area contributed by atoms with E-state index in [0.29, 0.717) is 12.2 Å². The first-order valence-corrected chi connectivity index (χ1v) is 11.0. The molecule has 3 amide bonds. The molecule has 5 heteroatoms. The van der Waals surface area contributed by atoms with Crippen LogP contribution in [-0.4, -0.2) is 18.5 Å². The van der Waals surface area contributed by atoms with Crippen LogP contribution in [0.1, 0.15) is 43.5 Å². The van der Waals surface area contributed by atoms with Crippen molar-refractivity contribution in [1.29, 1.82) is 0 Å². The van der Waals surface area contributed by atoms with Crippen molar-refractivity contribution in [2.24, 2.45) is 5.41 Å². The first-order chi connectivity index (χ1) is 15.3. The number of carbonyl (C=O) groups is 2. The van der Waals surface area contributed by atoms with Gasteiger partial charge in [-0.3, -0.25) is 4.79 Å². The van der Waals surface area contributed by atoms with Crippen LogP contribution in [0.4, 0.5) is 16.2 Å². The van der Waals surface area contributed by atoms with Gasteiger partial charge < -0.3 is 15.5 Å². The molecular formula is C27H29N3O2. The van der Waals surface area contributed by atoms with Crippen molar-refractivity contribution in [3.05, 3.63) is 95.6 Å². The molecule has 5 nitrogen and oxygen atoms in total. The molecule has 0 saturated heterocycles. The second-order valence-electron chi connectivity index (χ2n) is 9.15. The molecule has 0 saturated carbocycles. The van der Waals surface area contributed by atoms with Gasteiger partial charge in [-0.05, 0) is 35.2 Å². The van der Waals surface area contributed by atoms with E-state index in [0.717, 1.165) is 28.8 Å². The highest BCUT2D eigenvalue weighted by Crippen LogP contribution is 2.34. The Morgan fingerprint density at radius 2 is 1.47 bits per heavy atom. The number of nitrogens with zero attached hydrogens (tertiary/aromatic N) is 1. The summed E-state index contributed by atoms with van der Waals surface area (Å²) in [6, 6.07) is 25.0. The van der Waals surface area contributed by atoms with E-state index in [9.17, 15) is 9.59 Å². The van der Waals surface area contributed by atoms with E-state index in [1.807, 2.05) is 105 Å². The highest BCUT2D eigenvalue weighted by Gasteiger charge is 2.32. The van der Waals surface area contributed by atoms with Gasteiger partial charge in [0.15, 0.2) is 0 Å². The SMILES string of the molecule is CC(C)(C)C(=O)N1CCc2ccc(NC(=O)NC(c3ccccc3)c3ccccc3)cc21. The molecule has 4 rings (SSSR count). The molecule has 0 aliphatic carbocycles. The fourth-order valence-corrected chi connectivity index (χ4v) is 4.02. The van der Waals surface area contributed by atoms with Gasteiger partial charge >= 0.3 is 6.03 Å². The van der Waals surface area contributed by atoms with Crippen molar-refractivity contribution < 1.29 is 9.59 Å². The summed E-state index contributed by atoms with van der Waals surface area (Å²) >= 11 is 0. The Labute approximate surface area is 189 Å². The van der Waals surface area contributed by atoms with Gasteiger partial charge in [0.1, 0.15) is 0 Å². The topological polar surface area (TPSA) is 61.4 Å². The van der Waals surface area contributed by atoms with Gasteiger partial charge in [0.05, 0.1) is 6.04 Å². The molecule has 0 spiro atoms. The molecule has 1 aliphatic rings. The lowest BCUT2D eigenvalue weighted by molar-refractivity contribution is -0.125. The van der Waals surface area contributed by atoms with Gasteiger partial charge in [0.25, 0.3) is 0 Å². The molecule has 0 radical (unpaired) electrons. The van der Waals surface area contributed by atoms with Crippen molar-refractivity contribution >= 4 is 23.3 Å². The Bertz CT molecular complexity index is 1070. The fourth-order valence-electron chi connectivity index (χ4n) is 4.02. The number of rotatable bonds is 4. The molecule has 2 N–H and O–H groups in total. The second-order valence-corrected chi connectivity index (χ2v) is 9.15. The number of benzene rings is 3. The standard InChI is InChI=1S/C27H29N3O2/c1-27(2,3)25(31)30-17-16-19-14-15-22(18-23(19)30)28-26(32)29-24(20-10-6-4-7-11-20)21-12-8-5-9-13-21/h4-15,18,24H,16-17H2,1-3H3,(H2,28,29,32). The third kappa shape index (κ3) is 4.67. The minimum Gasteiger partial charge on any atom is -0.327 e. The smallest absolute Gasteiger partial charge is 0.319 e. The first-order valence-electron chi connectivity index (χ1n) is 11.0. The highest BCUT2D eigenvalue weighted by molar-refractivity contribution is 6.00. The van der Waals surface area contributed by atoms with Gasteiger partial charge in [-0.1, -0.05) is 87.5 Å². The molecule has 164 valence electrons. The maximum Gasteiger partial charge on any atom is 0.319 e. The second kappa shape index (κ2) is 8.87. The molecule has 1 aliphatic heterocycles. The number of amides is 3. The largest absolute Gasteiger partial charge is 0.327 e. The zero-order valence-corrected chi connectivity index (χ0v) is 18.8. The molecule has 32 heavy (non-hydrogen) atoms. The Kier molecular flexibility index (Phi) is 5.99. The summed E-state index contributed by atoms with van der Waals surface area (Å²) in [4.78, 5) is 27.6. The number of nitrogens with one attached hydrogen (secondary N) is 2. The normalized spacial score (nSPS) is 13.1. The van der Waals surface area contributed by atoms with E-state index in [4.69, 9.17) is 0 Å². The van der Waals surface area contributed by atoms with Crippen molar-refractivity contribution in [3.63, 3.8) is 0 Å². The summed E-state index contributed by atoms with van der Waals surface area (Å²) < 4.78 is 0. The average Bonchev–Trinajstić information content (AvgIpc) is 3.20. The zero-order valence-electron chi connectivity index (χ0n) is 18.8. The third-order valence-corrected chi connectivity index (χ3v) is 5.67. The van der Waals surface area contributed by atoms with Crippen molar-refractivity contribution in [1.82, 2.24) is 5.32 Å². The molecule has 0 bridgehead atoms. The van der Waals surface area contributed by atoms with Crippen LogP contribution >= 0.6 is 0 Å². The predicted octanol–water partition coefficient (Wildman–Crippen LogP) is 5.53. The van der Waals surface area contributed by atoms with Crippen LogP contribution in [0.25, 0.3) is 0 Å². The highest BCUT2D eigenvalue weighted by atomic mass is 16.2. The van der Waals surface area contributed by atoms with Crippen LogP contribution in [-0.2, 0) is 11.2 Å². The van der Waals surface area contributed by atoms with Gasteiger partial charge in [-0.15, -0.1) is 0 Å². The number of anilines is 2. The van der Waals surface area contributed by atoms with Crippen molar-refractivity contribution in [2.75, 3.05) is 16.8 Å². The first kappa shape index (κ1) is 21.6. The molecule has 1 heterocycles. The molecular weight excluding hydrogens is 398 g/mol. The number of urea groups is 1. The quantitative estimate of drug-likeness (QED) is 0.575. The number of fused-ring (bicyclic) bond motifs is 1. The minimum atomic E-state index is -0.457. The van der Waals surface area contributed by atoms with Crippen LogP contribution in [0.5, 0.6) is 0 Å². The average molecular weight is 428 g/mol. The monoisotopic (exact) mass is 427 g/mol. The van der Waals surface area contributed by atoms with Gasteiger partial charge in [-0.2, -0.15) is 0 Å². The van der Waals surface area contributed by atoms with E-state index in [1.165, 1.54) is 0 Å². The minimum absolute atomic E-state index is 0.0890. The summed E-state index contributed by atoms with van der Waals surface area (Å²) in [5.41, 5.74) is 4.22. The zero-order chi connectivity index (χ0) is 22.7. The fraction of sp³-hybridized carbons (Fsp3) is 0.259. The Balaban J connectivity index is 1.53. The summed E-state index contributed by atoms with van der Waals surface area (Å²) in [5.74, 6) is 0.0890. The van der Waals surface area contributed by atoms with E-state index in [1.54, 1.807) is 0 Å². The Morgan fingerprint density at radius 1 is 0.875 bits per heavy atom. The number of hydrogen-bond donors (Lipinski definition) is 2. The van der Waals surface area contributed by atoms with E-state index >= 15 is 0 Å². The van der Waals surface area contributed by atoms with E-state index < -0.39 is 5.41 Å². The Hall–Kier alpha value is -3.60. The third-order valence-electron chi connectivity index (χ3n) is 5.67. The predicted molar refractivity (Wildman–Crippen MR) is 129 cm³/mol. The maximum atomic E-state index is 12.9. The number of carbonyl (C=O) groups excluding carboxylic acids is 2. The van der Waals surface area contributed by atoms with Gasteiger partial charge in [-0.25, -0.2) is 4.79 Å². The van der Waals surface area contributed by atoms with Crippen molar-refractivity contribution in [2.45, 2.75) is 33.2 Å². The van der Waals surface area contributed by atoms with E-state index in [-0.39, 0.29) is 18.0 Å². The van der Waals surface area contributed by atoms with Crippen LogP contribution < -0.4 is 15.5 Å². The maximum absolute atomic E-state index is 12.9. The lowest BCUT2D eigenvalue weighted by Crippen LogP contribution is -2.38. The summed E-state index contributed by atoms with van der Waals surface area (Å²) in [6.07, 6.45) is 0.827. The molecule has 0 aromatic heterocycles. The molecule has 3 aromatic carbocycles. The summed E-state index contributed by atoms with van der Waals surface area (Å²) in [5, 5.41) is 6.05. The molecule has 3 aromatic rings. The van der Waals surface area contributed by atoms with Crippen LogP contribution in [0.2, 0.25) is 0 Å². The van der Waals surface area contributed by atoms with Crippen LogP contribution in [0.15, 0.2) is 78.9 Å². The lowest BCUT2D eigenvalue weighted by Gasteiger charge is -2.26. The van der Waals surface area contributed by atoms with Crippen LogP contribution in [0.3, 0.4) is 0 Å². The van der Waals surface area contributed by atoms with E-state index in [2.05, 4.69) is 10.6 Å². The Morgan fingerprint density at radius 3 is 2.03 bits per heavy atom.